The summed E-state index contributed by atoms with van der Waals surface area (Å²) in [5.41, 5.74) is 0.0894. The molecule has 1 aliphatic carbocycles. The maximum absolute atomic E-state index is 12.4. The van der Waals surface area contributed by atoms with E-state index in [-0.39, 0.29) is 17.2 Å². The number of rotatable bonds is 6. The molecule has 0 aromatic carbocycles. The number of carbonyl (C=O) groups excluding carboxylic acids is 1. The van der Waals surface area contributed by atoms with Crippen LogP contribution in [0.25, 0.3) is 0 Å². The minimum Gasteiger partial charge on any atom is -0.478 e. The molecule has 1 aromatic heterocycles. The van der Waals surface area contributed by atoms with Crippen LogP contribution in [0.3, 0.4) is 0 Å². The first kappa shape index (κ1) is 16.6. The van der Waals surface area contributed by atoms with Gasteiger partial charge in [0.2, 0.25) is 0 Å². The zero-order valence-corrected chi connectivity index (χ0v) is 13.4. The van der Waals surface area contributed by atoms with Crippen molar-refractivity contribution in [2.45, 2.75) is 51.9 Å². The Morgan fingerprint density at radius 1 is 1.32 bits per heavy atom. The number of hydrogen-bond donors (Lipinski definition) is 1. The van der Waals surface area contributed by atoms with Gasteiger partial charge in [-0.1, -0.05) is 39.0 Å². The molecule has 2 rings (SSSR count). The molecule has 0 radical (unpaired) electrons. The van der Waals surface area contributed by atoms with Crippen LogP contribution in [-0.4, -0.2) is 35.5 Å². The standard InChI is InChI=1S/C17H25NO4/c1-3-14-13(17(20)21)11-15(22-14)16(19)18(2)10-9-12-7-5-4-6-8-12/h11-12H,3-10H2,1-2H3,(H,20,21). The molecule has 1 aromatic rings. The Labute approximate surface area is 131 Å². The zero-order valence-electron chi connectivity index (χ0n) is 13.4. The highest BCUT2D eigenvalue weighted by Gasteiger charge is 2.23. The van der Waals surface area contributed by atoms with Crippen LogP contribution in [-0.2, 0) is 6.42 Å². The second-order valence-electron chi connectivity index (χ2n) is 6.13. The molecular formula is C17H25NO4. The summed E-state index contributed by atoms with van der Waals surface area (Å²) >= 11 is 0. The monoisotopic (exact) mass is 307 g/mol. The number of aryl methyl sites for hydroxylation is 1. The van der Waals surface area contributed by atoms with Crippen LogP contribution >= 0.6 is 0 Å². The Kier molecular flexibility index (Phi) is 5.63. The Morgan fingerprint density at radius 3 is 2.55 bits per heavy atom. The second-order valence-corrected chi connectivity index (χ2v) is 6.13. The van der Waals surface area contributed by atoms with Gasteiger partial charge in [-0.3, -0.25) is 4.79 Å². The fourth-order valence-electron chi connectivity index (χ4n) is 3.12. The van der Waals surface area contributed by atoms with Gasteiger partial charge >= 0.3 is 5.97 Å². The summed E-state index contributed by atoms with van der Waals surface area (Å²) in [7, 11) is 1.75. The Bertz CT molecular complexity index is 529. The van der Waals surface area contributed by atoms with Gasteiger partial charge in [-0.25, -0.2) is 4.79 Å². The molecule has 1 N–H and O–H groups in total. The Hall–Kier alpha value is -1.78. The van der Waals surface area contributed by atoms with Gasteiger partial charge in [-0.2, -0.15) is 0 Å². The van der Waals surface area contributed by atoms with Crippen LogP contribution < -0.4 is 0 Å². The lowest BCUT2D eigenvalue weighted by atomic mass is 9.87. The van der Waals surface area contributed by atoms with E-state index < -0.39 is 5.97 Å². The molecule has 0 saturated heterocycles. The van der Waals surface area contributed by atoms with E-state index >= 15 is 0 Å². The van der Waals surface area contributed by atoms with Gasteiger partial charge < -0.3 is 14.4 Å². The van der Waals surface area contributed by atoms with E-state index in [1.165, 1.54) is 38.2 Å². The lowest BCUT2D eigenvalue weighted by Gasteiger charge is -2.24. The third-order valence-corrected chi connectivity index (χ3v) is 4.52. The number of aromatic carboxylic acids is 1. The summed E-state index contributed by atoms with van der Waals surface area (Å²) in [6.45, 7) is 2.50. The van der Waals surface area contributed by atoms with Crippen LogP contribution in [0.2, 0.25) is 0 Å². The molecule has 1 aliphatic rings. The van der Waals surface area contributed by atoms with Gasteiger partial charge in [-0.05, 0) is 12.3 Å². The maximum atomic E-state index is 12.4. The summed E-state index contributed by atoms with van der Waals surface area (Å²) in [5, 5.41) is 9.12. The first-order valence-electron chi connectivity index (χ1n) is 8.14. The predicted molar refractivity (Wildman–Crippen MR) is 83.2 cm³/mol. The molecular weight excluding hydrogens is 282 g/mol. The first-order chi connectivity index (χ1) is 10.5. The van der Waals surface area contributed by atoms with Gasteiger partial charge in [0.1, 0.15) is 11.3 Å². The van der Waals surface area contributed by atoms with E-state index in [1.54, 1.807) is 11.9 Å². The normalized spacial score (nSPS) is 15.7. The summed E-state index contributed by atoms with van der Waals surface area (Å²) < 4.78 is 5.43. The van der Waals surface area contributed by atoms with Gasteiger partial charge in [0.25, 0.3) is 5.91 Å². The van der Waals surface area contributed by atoms with Gasteiger partial charge in [-0.15, -0.1) is 0 Å². The van der Waals surface area contributed by atoms with E-state index in [0.29, 0.717) is 24.6 Å². The lowest BCUT2D eigenvalue weighted by Crippen LogP contribution is -2.29. The van der Waals surface area contributed by atoms with Crippen LogP contribution in [0.1, 0.15) is 72.1 Å². The average Bonchev–Trinajstić information content (AvgIpc) is 2.97. The van der Waals surface area contributed by atoms with E-state index in [2.05, 4.69) is 0 Å². The van der Waals surface area contributed by atoms with Crippen molar-refractivity contribution in [1.82, 2.24) is 4.90 Å². The molecule has 0 atom stereocenters. The molecule has 5 nitrogen and oxygen atoms in total. The second kappa shape index (κ2) is 7.47. The first-order valence-corrected chi connectivity index (χ1v) is 8.14. The molecule has 0 aliphatic heterocycles. The Balaban J connectivity index is 1.96. The third kappa shape index (κ3) is 3.90. The molecule has 1 heterocycles. The average molecular weight is 307 g/mol. The van der Waals surface area contributed by atoms with Gasteiger partial charge in [0.05, 0.1) is 0 Å². The van der Waals surface area contributed by atoms with Crippen LogP contribution in [0, 0.1) is 5.92 Å². The molecule has 0 unspecified atom stereocenters. The largest absolute Gasteiger partial charge is 0.478 e. The summed E-state index contributed by atoms with van der Waals surface area (Å²) in [5.74, 6) is -0.0965. The molecule has 1 saturated carbocycles. The highest BCUT2D eigenvalue weighted by atomic mass is 16.4. The number of furan rings is 1. The van der Waals surface area contributed by atoms with Crippen molar-refractivity contribution in [3.05, 3.63) is 23.2 Å². The summed E-state index contributed by atoms with van der Waals surface area (Å²) in [4.78, 5) is 25.1. The number of carboxylic acid groups (broad SMARTS) is 1. The van der Waals surface area contributed by atoms with Crippen molar-refractivity contribution in [2.75, 3.05) is 13.6 Å². The van der Waals surface area contributed by atoms with Crippen LogP contribution in [0.15, 0.2) is 10.5 Å². The molecule has 122 valence electrons. The molecule has 22 heavy (non-hydrogen) atoms. The van der Waals surface area contributed by atoms with E-state index in [4.69, 9.17) is 9.52 Å². The number of carbonyl (C=O) groups is 2. The predicted octanol–water partition coefficient (Wildman–Crippen LogP) is 3.58. The fourth-order valence-corrected chi connectivity index (χ4v) is 3.12. The van der Waals surface area contributed by atoms with Crippen molar-refractivity contribution in [1.29, 1.82) is 0 Å². The molecule has 0 spiro atoms. The fraction of sp³-hybridized carbons (Fsp3) is 0.647. The minimum absolute atomic E-state index is 0.0894. The zero-order chi connectivity index (χ0) is 16.1. The highest BCUT2D eigenvalue weighted by Crippen LogP contribution is 2.26. The SMILES string of the molecule is CCc1oc(C(=O)N(C)CCC2CCCCC2)cc1C(=O)O. The van der Waals surface area contributed by atoms with E-state index in [1.807, 2.05) is 6.92 Å². The minimum atomic E-state index is -1.05. The number of hydrogen-bond acceptors (Lipinski definition) is 3. The number of nitrogens with zero attached hydrogens (tertiary/aromatic N) is 1. The van der Waals surface area contributed by atoms with Crippen molar-refractivity contribution < 1.29 is 19.1 Å². The van der Waals surface area contributed by atoms with Crippen molar-refractivity contribution in [3.8, 4) is 0 Å². The van der Waals surface area contributed by atoms with Gasteiger partial charge in [0.15, 0.2) is 5.76 Å². The smallest absolute Gasteiger partial charge is 0.339 e. The van der Waals surface area contributed by atoms with Crippen LogP contribution in [0.5, 0.6) is 0 Å². The van der Waals surface area contributed by atoms with Crippen molar-refractivity contribution in [3.63, 3.8) is 0 Å². The molecule has 0 bridgehead atoms. The van der Waals surface area contributed by atoms with E-state index in [9.17, 15) is 9.59 Å². The number of amides is 1. The lowest BCUT2D eigenvalue weighted by molar-refractivity contribution is 0.0692. The van der Waals surface area contributed by atoms with E-state index in [0.717, 1.165) is 6.42 Å². The maximum Gasteiger partial charge on any atom is 0.339 e. The quantitative estimate of drug-likeness (QED) is 0.872. The van der Waals surface area contributed by atoms with Crippen molar-refractivity contribution in [2.24, 2.45) is 5.92 Å². The Morgan fingerprint density at radius 2 is 2.00 bits per heavy atom. The molecule has 1 amide bonds. The molecule has 5 heteroatoms. The van der Waals surface area contributed by atoms with Gasteiger partial charge in [0, 0.05) is 26.1 Å². The topological polar surface area (TPSA) is 70.8 Å². The summed E-state index contributed by atoms with van der Waals surface area (Å²) in [6, 6.07) is 1.35. The number of carboxylic acids is 1. The highest BCUT2D eigenvalue weighted by molar-refractivity contribution is 5.96. The third-order valence-electron chi connectivity index (χ3n) is 4.52. The summed E-state index contributed by atoms with van der Waals surface area (Å²) in [6.07, 6.45) is 7.90. The molecule has 1 fully saturated rings. The van der Waals surface area contributed by atoms with Crippen LogP contribution in [0.4, 0.5) is 0 Å². The van der Waals surface area contributed by atoms with Crippen molar-refractivity contribution >= 4 is 11.9 Å².